The van der Waals surface area contributed by atoms with Crippen molar-refractivity contribution < 1.29 is 9.90 Å². The minimum atomic E-state index is -1.04. The Morgan fingerprint density at radius 3 is 2.79 bits per heavy atom. The molecule has 0 aliphatic rings. The largest absolute Gasteiger partial charge is 0.477 e. The van der Waals surface area contributed by atoms with Gasteiger partial charge in [0.1, 0.15) is 11.6 Å². The second-order valence-corrected chi connectivity index (χ2v) is 4.20. The van der Waals surface area contributed by atoms with Crippen molar-refractivity contribution in [2.45, 2.75) is 6.92 Å². The van der Waals surface area contributed by atoms with Crippen molar-refractivity contribution in [2.75, 3.05) is 0 Å². The number of hydrogen-bond acceptors (Lipinski definition) is 3. The zero-order valence-corrected chi connectivity index (χ0v) is 10.2. The Labute approximate surface area is 109 Å². The highest BCUT2D eigenvalue weighted by Gasteiger charge is 2.13. The van der Waals surface area contributed by atoms with Crippen molar-refractivity contribution in [3.05, 3.63) is 54.2 Å². The number of hydrogen-bond donors (Lipinski definition) is 1. The predicted octanol–water partition coefficient (Wildman–Crippen LogP) is 2.43. The van der Waals surface area contributed by atoms with Gasteiger partial charge in [0.25, 0.3) is 0 Å². The highest BCUT2D eigenvalue weighted by molar-refractivity contribution is 5.95. The fraction of sp³-hybridized carbons (Fsp3) is 0.0714. The van der Waals surface area contributed by atoms with Crippen LogP contribution in [0, 0.1) is 6.92 Å². The summed E-state index contributed by atoms with van der Waals surface area (Å²) in [5, 5.41) is 10.9. The van der Waals surface area contributed by atoms with Gasteiger partial charge < -0.3 is 5.11 Å². The van der Waals surface area contributed by atoms with E-state index in [2.05, 4.69) is 9.97 Å². The number of rotatable bonds is 2. The van der Waals surface area contributed by atoms with Crippen molar-refractivity contribution in [3.8, 4) is 5.82 Å². The minimum Gasteiger partial charge on any atom is -0.477 e. The van der Waals surface area contributed by atoms with Gasteiger partial charge in [-0.1, -0.05) is 24.3 Å². The van der Waals surface area contributed by atoms with Crippen LogP contribution in [0.2, 0.25) is 0 Å². The minimum absolute atomic E-state index is 0.0294. The molecule has 5 heteroatoms. The molecule has 2 heterocycles. The third-order valence-corrected chi connectivity index (χ3v) is 2.99. The first-order chi connectivity index (χ1) is 9.16. The molecule has 0 spiro atoms. The maximum atomic E-state index is 11.2. The monoisotopic (exact) mass is 253 g/mol. The molecular weight excluding hydrogens is 242 g/mol. The number of aromatic nitrogens is 3. The van der Waals surface area contributed by atoms with Crippen LogP contribution in [0.15, 0.2) is 42.7 Å². The van der Waals surface area contributed by atoms with Crippen LogP contribution in [0.1, 0.15) is 16.3 Å². The van der Waals surface area contributed by atoms with Crippen LogP contribution in [-0.2, 0) is 0 Å². The summed E-state index contributed by atoms with van der Waals surface area (Å²) in [4.78, 5) is 19.5. The maximum absolute atomic E-state index is 11.2. The Bertz CT molecular complexity index is 777. The summed E-state index contributed by atoms with van der Waals surface area (Å²) >= 11 is 0. The van der Waals surface area contributed by atoms with Crippen LogP contribution in [0.3, 0.4) is 0 Å². The van der Waals surface area contributed by atoms with Gasteiger partial charge in [0.2, 0.25) is 0 Å². The number of aryl methyl sites for hydroxylation is 1. The molecule has 0 aliphatic heterocycles. The van der Waals surface area contributed by atoms with Gasteiger partial charge in [-0.05, 0) is 18.4 Å². The Morgan fingerprint density at radius 2 is 2.11 bits per heavy atom. The normalized spacial score (nSPS) is 10.8. The van der Waals surface area contributed by atoms with E-state index < -0.39 is 5.97 Å². The predicted molar refractivity (Wildman–Crippen MR) is 70.6 cm³/mol. The van der Waals surface area contributed by atoms with Gasteiger partial charge in [-0.2, -0.15) is 0 Å². The number of carboxylic acid groups (broad SMARTS) is 1. The average molecular weight is 253 g/mol. The molecule has 0 atom stereocenters. The highest BCUT2D eigenvalue weighted by atomic mass is 16.4. The third kappa shape index (κ3) is 1.85. The number of carbonyl (C=O) groups is 1. The zero-order valence-electron chi connectivity index (χ0n) is 10.2. The molecule has 0 amide bonds. The molecule has 2 aromatic heterocycles. The van der Waals surface area contributed by atoms with E-state index in [0.29, 0.717) is 5.82 Å². The molecule has 3 rings (SSSR count). The second-order valence-electron chi connectivity index (χ2n) is 4.20. The standard InChI is InChI=1S/C14H11N3O2/c1-9-15-6-7-17(9)13-11-5-3-2-4-10(11)8-12(16-13)14(18)19/h2-8H,1H3,(H,18,19). The quantitative estimate of drug-likeness (QED) is 0.761. The molecule has 5 nitrogen and oxygen atoms in total. The van der Waals surface area contributed by atoms with E-state index in [1.54, 1.807) is 23.0 Å². The Hall–Kier alpha value is -2.69. The first-order valence-corrected chi connectivity index (χ1v) is 5.80. The van der Waals surface area contributed by atoms with Crippen molar-refractivity contribution >= 4 is 16.7 Å². The summed E-state index contributed by atoms with van der Waals surface area (Å²) in [6, 6.07) is 9.15. The van der Waals surface area contributed by atoms with Crippen LogP contribution in [0.5, 0.6) is 0 Å². The first-order valence-electron chi connectivity index (χ1n) is 5.80. The van der Waals surface area contributed by atoms with Gasteiger partial charge in [0, 0.05) is 17.8 Å². The first kappa shape index (κ1) is 11.4. The summed E-state index contributed by atoms with van der Waals surface area (Å²) in [6.07, 6.45) is 3.44. The summed E-state index contributed by atoms with van der Waals surface area (Å²) < 4.78 is 1.79. The lowest BCUT2D eigenvalue weighted by molar-refractivity contribution is 0.0690. The molecule has 1 N–H and O–H groups in total. The van der Waals surface area contributed by atoms with Crippen molar-refractivity contribution in [2.24, 2.45) is 0 Å². The SMILES string of the molecule is Cc1nccn1-c1nc(C(=O)O)cc2ccccc12. The Morgan fingerprint density at radius 1 is 1.32 bits per heavy atom. The fourth-order valence-electron chi connectivity index (χ4n) is 2.08. The second kappa shape index (κ2) is 4.20. The van der Waals surface area contributed by atoms with Gasteiger partial charge in [0.15, 0.2) is 5.69 Å². The van der Waals surface area contributed by atoms with E-state index in [4.69, 9.17) is 5.11 Å². The summed E-state index contributed by atoms with van der Waals surface area (Å²) in [6.45, 7) is 1.85. The molecule has 0 fully saturated rings. The van der Waals surface area contributed by atoms with Gasteiger partial charge in [-0.3, -0.25) is 4.57 Å². The van der Waals surface area contributed by atoms with E-state index in [-0.39, 0.29) is 5.69 Å². The number of carboxylic acids is 1. The van der Waals surface area contributed by atoms with E-state index in [1.807, 2.05) is 31.2 Å². The molecular formula is C14H11N3O2. The molecule has 19 heavy (non-hydrogen) atoms. The summed E-state index contributed by atoms with van der Waals surface area (Å²) in [7, 11) is 0. The molecule has 0 bridgehead atoms. The topological polar surface area (TPSA) is 68.0 Å². The Balaban J connectivity index is 2.39. The number of pyridine rings is 1. The smallest absolute Gasteiger partial charge is 0.354 e. The average Bonchev–Trinajstić information content (AvgIpc) is 2.83. The lowest BCUT2D eigenvalue weighted by Crippen LogP contribution is -2.06. The van der Waals surface area contributed by atoms with Crippen LogP contribution in [0.4, 0.5) is 0 Å². The van der Waals surface area contributed by atoms with E-state index in [9.17, 15) is 4.79 Å². The summed E-state index contributed by atoms with van der Waals surface area (Å²) in [5.74, 6) is 0.315. The van der Waals surface area contributed by atoms with Crippen molar-refractivity contribution in [3.63, 3.8) is 0 Å². The van der Waals surface area contributed by atoms with Crippen LogP contribution in [-0.4, -0.2) is 25.6 Å². The van der Waals surface area contributed by atoms with Crippen LogP contribution < -0.4 is 0 Å². The van der Waals surface area contributed by atoms with Gasteiger partial charge in [-0.15, -0.1) is 0 Å². The number of fused-ring (bicyclic) bond motifs is 1. The fourth-order valence-corrected chi connectivity index (χ4v) is 2.08. The van der Waals surface area contributed by atoms with E-state index >= 15 is 0 Å². The van der Waals surface area contributed by atoms with Crippen LogP contribution >= 0.6 is 0 Å². The van der Waals surface area contributed by atoms with E-state index in [0.717, 1.165) is 16.6 Å². The molecule has 3 aromatic rings. The van der Waals surface area contributed by atoms with Crippen molar-refractivity contribution in [1.29, 1.82) is 0 Å². The van der Waals surface area contributed by atoms with Gasteiger partial charge in [0.05, 0.1) is 0 Å². The maximum Gasteiger partial charge on any atom is 0.354 e. The Kier molecular flexibility index (Phi) is 2.52. The molecule has 0 aliphatic carbocycles. The highest BCUT2D eigenvalue weighted by Crippen LogP contribution is 2.22. The number of nitrogens with zero attached hydrogens (tertiary/aromatic N) is 3. The summed E-state index contributed by atoms with van der Waals surface area (Å²) in [5.41, 5.74) is 0.0294. The number of aromatic carboxylic acids is 1. The number of benzene rings is 1. The third-order valence-electron chi connectivity index (χ3n) is 2.99. The lowest BCUT2D eigenvalue weighted by Gasteiger charge is -2.09. The van der Waals surface area contributed by atoms with Gasteiger partial charge in [-0.25, -0.2) is 14.8 Å². The van der Waals surface area contributed by atoms with E-state index in [1.165, 1.54) is 0 Å². The molecule has 0 saturated carbocycles. The lowest BCUT2D eigenvalue weighted by atomic mass is 10.1. The van der Waals surface area contributed by atoms with Gasteiger partial charge >= 0.3 is 5.97 Å². The van der Waals surface area contributed by atoms with Crippen LogP contribution in [0.25, 0.3) is 16.6 Å². The number of imidazole rings is 1. The molecule has 94 valence electrons. The molecule has 1 aromatic carbocycles. The van der Waals surface area contributed by atoms with Crippen molar-refractivity contribution in [1.82, 2.24) is 14.5 Å². The molecule has 0 saturated heterocycles. The molecule has 0 unspecified atom stereocenters. The molecule has 0 radical (unpaired) electrons. The zero-order chi connectivity index (χ0) is 13.4.